The number of hydrogen-bond donors (Lipinski definition) is 1. The molecular formula is C18H18N6O2. The summed E-state index contributed by atoms with van der Waals surface area (Å²) in [5.74, 6) is 0.293. The fraction of sp³-hybridized carbons (Fsp3) is 0.278. The first-order valence-corrected chi connectivity index (χ1v) is 8.11. The summed E-state index contributed by atoms with van der Waals surface area (Å²) in [6.45, 7) is 3.90. The zero-order chi connectivity index (χ0) is 18.7. The van der Waals surface area contributed by atoms with Crippen molar-refractivity contribution in [3.8, 4) is 6.07 Å². The molecule has 0 aliphatic carbocycles. The molecule has 26 heavy (non-hydrogen) atoms. The van der Waals surface area contributed by atoms with Crippen molar-refractivity contribution in [1.29, 1.82) is 5.26 Å². The standard InChI is InChI=1S/C18H18N6O2/c1-11-15(12(2)24-18(21-11)22-17(20)23-24)6-7-16(25)26-10-14-5-3-4-13(8-14)9-19/h3-5,8H,6-7,10H2,1-2H3,(H2,20,23). The van der Waals surface area contributed by atoms with E-state index in [1.807, 2.05) is 19.9 Å². The van der Waals surface area contributed by atoms with E-state index in [2.05, 4.69) is 21.1 Å². The van der Waals surface area contributed by atoms with E-state index in [0.29, 0.717) is 17.8 Å². The van der Waals surface area contributed by atoms with E-state index in [1.165, 1.54) is 0 Å². The van der Waals surface area contributed by atoms with Crippen LogP contribution in [0.5, 0.6) is 0 Å². The van der Waals surface area contributed by atoms with Crippen molar-refractivity contribution in [3.63, 3.8) is 0 Å². The number of nitrogens with zero attached hydrogens (tertiary/aromatic N) is 5. The van der Waals surface area contributed by atoms with Gasteiger partial charge in [0.2, 0.25) is 5.95 Å². The lowest BCUT2D eigenvalue weighted by Gasteiger charge is -2.10. The zero-order valence-electron chi connectivity index (χ0n) is 14.6. The van der Waals surface area contributed by atoms with Crippen molar-refractivity contribution in [1.82, 2.24) is 19.6 Å². The number of aryl methyl sites for hydroxylation is 2. The smallest absolute Gasteiger partial charge is 0.306 e. The molecule has 3 rings (SSSR count). The Labute approximate surface area is 150 Å². The van der Waals surface area contributed by atoms with Crippen LogP contribution in [0.4, 0.5) is 5.95 Å². The second-order valence-corrected chi connectivity index (χ2v) is 5.92. The van der Waals surface area contributed by atoms with Crippen LogP contribution in [0.15, 0.2) is 24.3 Å². The number of anilines is 1. The molecule has 1 aromatic carbocycles. The lowest BCUT2D eigenvalue weighted by Crippen LogP contribution is -2.10. The number of ether oxygens (including phenoxy) is 1. The number of nitrogen functional groups attached to an aromatic ring is 1. The van der Waals surface area contributed by atoms with Crippen LogP contribution in [0, 0.1) is 25.2 Å². The first kappa shape index (κ1) is 17.4. The molecular weight excluding hydrogens is 332 g/mol. The molecule has 0 bridgehead atoms. The maximum Gasteiger partial charge on any atom is 0.306 e. The third-order valence-electron chi connectivity index (χ3n) is 4.10. The van der Waals surface area contributed by atoms with Gasteiger partial charge in [-0.1, -0.05) is 12.1 Å². The van der Waals surface area contributed by atoms with E-state index in [1.54, 1.807) is 22.7 Å². The molecule has 0 spiro atoms. The molecule has 0 atom stereocenters. The van der Waals surface area contributed by atoms with Gasteiger partial charge in [-0.25, -0.2) is 4.98 Å². The molecule has 0 saturated carbocycles. The average Bonchev–Trinajstić information content (AvgIpc) is 3.00. The normalized spacial score (nSPS) is 10.7. The zero-order valence-corrected chi connectivity index (χ0v) is 14.6. The Morgan fingerprint density at radius 3 is 2.92 bits per heavy atom. The van der Waals surface area contributed by atoms with Gasteiger partial charge in [-0.3, -0.25) is 4.79 Å². The largest absolute Gasteiger partial charge is 0.461 e. The van der Waals surface area contributed by atoms with Crippen molar-refractivity contribution >= 4 is 17.7 Å². The first-order valence-electron chi connectivity index (χ1n) is 8.11. The summed E-state index contributed by atoms with van der Waals surface area (Å²) in [5, 5.41) is 13.0. The highest BCUT2D eigenvalue weighted by Crippen LogP contribution is 2.16. The van der Waals surface area contributed by atoms with Gasteiger partial charge >= 0.3 is 5.97 Å². The Balaban J connectivity index is 1.64. The fourth-order valence-electron chi connectivity index (χ4n) is 2.78. The molecule has 0 aliphatic rings. The minimum absolute atomic E-state index is 0.142. The van der Waals surface area contributed by atoms with Crippen LogP contribution >= 0.6 is 0 Å². The number of rotatable bonds is 5. The summed E-state index contributed by atoms with van der Waals surface area (Å²) in [6, 6.07) is 9.05. The monoisotopic (exact) mass is 350 g/mol. The van der Waals surface area contributed by atoms with Crippen LogP contribution in [0.1, 0.15) is 34.5 Å². The minimum Gasteiger partial charge on any atom is -0.461 e. The Kier molecular flexibility index (Phi) is 4.80. The molecule has 8 heteroatoms. The van der Waals surface area contributed by atoms with Crippen LogP contribution in [0.2, 0.25) is 0 Å². The number of esters is 1. The van der Waals surface area contributed by atoms with Gasteiger partial charge in [0.15, 0.2) is 0 Å². The van der Waals surface area contributed by atoms with E-state index in [9.17, 15) is 4.79 Å². The SMILES string of the molecule is Cc1nc2nc(N)nn2c(C)c1CCC(=O)OCc1cccc(C#N)c1. The number of nitriles is 1. The predicted molar refractivity (Wildman–Crippen MR) is 93.9 cm³/mol. The average molecular weight is 350 g/mol. The number of aromatic nitrogens is 4. The molecule has 2 heterocycles. The highest BCUT2D eigenvalue weighted by molar-refractivity contribution is 5.69. The Hall–Kier alpha value is -3.47. The van der Waals surface area contributed by atoms with Crippen LogP contribution in [0.25, 0.3) is 5.78 Å². The minimum atomic E-state index is -0.315. The number of fused-ring (bicyclic) bond motifs is 1. The Morgan fingerprint density at radius 2 is 2.15 bits per heavy atom. The van der Waals surface area contributed by atoms with Crippen LogP contribution < -0.4 is 5.73 Å². The van der Waals surface area contributed by atoms with Crippen molar-refractivity contribution in [3.05, 3.63) is 52.3 Å². The van der Waals surface area contributed by atoms with E-state index >= 15 is 0 Å². The van der Waals surface area contributed by atoms with Crippen molar-refractivity contribution in [2.45, 2.75) is 33.3 Å². The number of hydrogen-bond acceptors (Lipinski definition) is 7. The number of carbonyl (C=O) groups is 1. The highest BCUT2D eigenvalue weighted by atomic mass is 16.5. The number of carbonyl (C=O) groups excluding carboxylic acids is 1. The van der Waals surface area contributed by atoms with Crippen LogP contribution in [-0.4, -0.2) is 25.6 Å². The lowest BCUT2D eigenvalue weighted by molar-refractivity contribution is -0.144. The van der Waals surface area contributed by atoms with E-state index in [-0.39, 0.29) is 24.9 Å². The maximum absolute atomic E-state index is 12.1. The van der Waals surface area contributed by atoms with Gasteiger partial charge < -0.3 is 10.5 Å². The molecule has 132 valence electrons. The van der Waals surface area contributed by atoms with E-state index in [4.69, 9.17) is 15.7 Å². The third kappa shape index (κ3) is 3.62. The molecule has 2 aromatic heterocycles. The Bertz CT molecular complexity index is 1020. The third-order valence-corrected chi connectivity index (χ3v) is 4.10. The highest BCUT2D eigenvalue weighted by Gasteiger charge is 2.14. The second kappa shape index (κ2) is 7.19. The van der Waals surface area contributed by atoms with Crippen LogP contribution in [-0.2, 0) is 22.6 Å². The van der Waals surface area contributed by atoms with Crippen molar-refractivity contribution in [2.24, 2.45) is 0 Å². The fourth-order valence-corrected chi connectivity index (χ4v) is 2.78. The van der Waals surface area contributed by atoms with Gasteiger partial charge in [-0.15, -0.1) is 5.10 Å². The molecule has 0 radical (unpaired) electrons. The molecule has 8 nitrogen and oxygen atoms in total. The number of nitrogens with two attached hydrogens (primary N) is 1. The van der Waals surface area contributed by atoms with Crippen molar-refractivity contribution < 1.29 is 9.53 Å². The van der Waals surface area contributed by atoms with E-state index < -0.39 is 0 Å². The van der Waals surface area contributed by atoms with Gasteiger partial charge in [0.25, 0.3) is 5.78 Å². The van der Waals surface area contributed by atoms with Crippen molar-refractivity contribution in [2.75, 3.05) is 5.73 Å². The summed E-state index contributed by atoms with van der Waals surface area (Å²) in [4.78, 5) is 20.5. The van der Waals surface area contributed by atoms with Gasteiger partial charge in [0.05, 0.1) is 11.6 Å². The predicted octanol–water partition coefficient (Wildman–Crippen LogP) is 1.87. The molecule has 0 fully saturated rings. The second-order valence-electron chi connectivity index (χ2n) is 5.92. The van der Waals surface area contributed by atoms with E-state index in [0.717, 1.165) is 22.5 Å². The topological polar surface area (TPSA) is 119 Å². The summed E-state index contributed by atoms with van der Waals surface area (Å²) >= 11 is 0. The van der Waals surface area contributed by atoms with Gasteiger partial charge in [-0.05, 0) is 43.5 Å². The quantitative estimate of drug-likeness (QED) is 0.698. The maximum atomic E-state index is 12.1. The summed E-state index contributed by atoms with van der Waals surface area (Å²) in [6.07, 6.45) is 0.703. The first-order chi connectivity index (χ1) is 12.5. The lowest BCUT2D eigenvalue weighted by atomic mass is 10.1. The summed E-state index contributed by atoms with van der Waals surface area (Å²) < 4.78 is 6.88. The van der Waals surface area contributed by atoms with Crippen LogP contribution in [0.3, 0.4) is 0 Å². The molecule has 0 saturated heterocycles. The summed E-state index contributed by atoms with van der Waals surface area (Å²) in [5.41, 5.74) is 9.51. The number of benzene rings is 1. The molecule has 0 aliphatic heterocycles. The van der Waals surface area contributed by atoms with Gasteiger partial charge in [0, 0.05) is 17.8 Å². The Morgan fingerprint density at radius 1 is 1.35 bits per heavy atom. The molecule has 0 amide bonds. The molecule has 3 aromatic rings. The van der Waals surface area contributed by atoms with Gasteiger partial charge in [0.1, 0.15) is 6.61 Å². The summed E-state index contributed by atoms with van der Waals surface area (Å²) in [7, 11) is 0. The molecule has 0 unspecified atom stereocenters. The molecule has 2 N–H and O–H groups in total. The van der Waals surface area contributed by atoms with Gasteiger partial charge in [-0.2, -0.15) is 14.8 Å².